The van der Waals surface area contributed by atoms with Gasteiger partial charge in [0.2, 0.25) is 0 Å². The van der Waals surface area contributed by atoms with Crippen molar-refractivity contribution in [1.82, 2.24) is 0 Å². The summed E-state index contributed by atoms with van der Waals surface area (Å²) < 4.78 is 32.7. The molecule has 10 heteroatoms. The minimum Gasteiger partial charge on any atom is -0.462 e. The van der Waals surface area contributed by atoms with E-state index in [1.54, 1.807) is 0 Å². The third-order valence-corrected chi connectivity index (χ3v) is 9.37. The molecule has 3 N–H and O–H groups in total. The summed E-state index contributed by atoms with van der Waals surface area (Å²) in [6.07, 6.45) is 45.4. The molecule has 0 spiro atoms. The molecule has 0 bridgehead atoms. The van der Waals surface area contributed by atoms with Gasteiger partial charge in [-0.3, -0.25) is 18.6 Å². The van der Waals surface area contributed by atoms with Crippen LogP contribution in [0.2, 0.25) is 0 Å². The topological polar surface area (TPSA) is 134 Å². The van der Waals surface area contributed by atoms with Gasteiger partial charge in [-0.1, -0.05) is 139 Å². The van der Waals surface area contributed by atoms with Crippen LogP contribution in [0.1, 0.15) is 168 Å². The third-order valence-electron chi connectivity index (χ3n) is 8.39. The lowest BCUT2D eigenvalue weighted by molar-refractivity contribution is -0.161. The number of carbonyl (C=O) groups is 2. The van der Waals surface area contributed by atoms with Crippen molar-refractivity contribution in [2.45, 2.75) is 174 Å². The number of carbonyl (C=O) groups excluding carboxylic acids is 2. The second-order valence-corrected chi connectivity index (χ2v) is 14.9. The minimum atomic E-state index is -4.38. The van der Waals surface area contributed by atoms with Crippen molar-refractivity contribution < 1.29 is 37.6 Å². The molecule has 0 saturated carbocycles. The SMILES string of the molecule is CC/C=C\C/C=C\C/C=C\CCCCCC(=O)OC(COC(=O)CCCCCCCCCCC/C=C\C/C=C\CCCCC)COP(=O)(O)OCCN. The molecule has 0 fully saturated rings. The van der Waals surface area contributed by atoms with Gasteiger partial charge < -0.3 is 20.1 Å². The zero-order valence-electron chi connectivity index (χ0n) is 33.5. The quantitative estimate of drug-likeness (QED) is 0.0272. The number of hydrogen-bond acceptors (Lipinski definition) is 8. The Morgan fingerprint density at radius 3 is 1.57 bits per heavy atom. The first kappa shape index (κ1) is 50.7. The molecule has 0 amide bonds. The zero-order chi connectivity index (χ0) is 38.9. The Morgan fingerprint density at radius 2 is 1.04 bits per heavy atom. The molecule has 9 nitrogen and oxygen atoms in total. The monoisotopic (exact) mass is 766 g/mol. The number of allylic oxidation sites excluding steroid dienone is 10. The van der Waals surface area contributed by atoms with Crippen molar-refractivity contribution in [1.29, 1.82) is 0 Å². The zero-order valence-corrected chi connectivity index (χ0v) is 34.4. The van der Waals surface area contributed by atoms with Gasteiger partial charge in [0.25, 0.3) is 0 Å². The maximum atomic E-state index is 12.5. The van der Waals surface area contributed by atoms with Gasteiger partial charge >= 0.3 is 19.8 Å². The van der Waals surface area contributed by atoms with Crippen LogP contribution < -0.4 is 5.73 Å². The number of phosphoric ester groups is 1. The van der Waals surface area contributed by atoms with Gasteiger partial charge in [-0.15, -0.1) is 0 Å². The van der Waals surface area contributed by atoms with Crippen LogP contribution in [0.5, 0.6) is 0 Å². The van der Waals surface area contributed by atoms with E-state index in [0.29, 0.717) is 6.42 Å². The summed E-state index contributed by atoms with van der Waals surface area (Å²) in [5, 5.41) is 0. The summed E-state index contributed by atoms with van der Waals surface area (Å²) in [6, 6.07) is 0. The molecule has 0 aliphatic heterocycles. The normalized spacial score (nSPS) is 14.0. The highest BCUT2D eigenvalue weighted by atomic mass is 31.2. The van der Waals surface area contributed by atoms with E-state index in [2.05, 4.69) is 74.6 Å². The van der Waals surface area contributed by atoms with Crippen molar-refractivity contribution >= 4 is 19.8 Å². The lowest BCUT2D eigenvalue weighted by atomic mass is 10.1. The molecule has 2 unspecified atom stereocenters. The number of phosphoric acid groups is 1. The molecule has 0 aromatic heterocycles. The van der Waals surface area contributed by atoms with E-state index in [1.165, 1.54) is 57.8 Å². The standard InChI is InChI=1S/C43H76NO8P/c1-3-5-7-9-11-13-15-17-18-19-20-21-22-24-25-27-29-31-33-35-42(45)49-39-41(40-51-53(47,48)50-38-37-44)52-43(46)36-34-32-30-28-26-23-16-14-12-10-8-6-4-2/h6,8,11-14,17-18,23,26,41H,3-5,7,9-10,15-16,19-22,24-25,27-40,44H2,1-2H3,(H,47,48)/b8-6-,13-11-,14-12-,18-17-,26-23-. The molecule has 0 aromatic carbocycles. The van der Waals surface area contributed by atoms with Crippen molar-refractivity contribution in [2.75, 3.05) is 26.4 Å². The molecule has 0 saturated heterocycles. The molecule has 0 radical (unpaired) electrons. The minimum absolute atomic E-state index is 0.0453. The Hall–Kier alpha value is -2.29. The van der Waals surface area contributed by atoms with E-state index in [1.807, 2.05) is 0 Å². The van der Waals surface area contributed by atoms with Crippen LogP contribution in [0, 0.1) is 0 Å². The van der Waals surface area contributed by atoms with Gasteiger partial charge in [0.05, 0.1) is 13.2 Å². The first-order valence-electron chi connectivity index (χ1n) is 20.8. The van der Waals surface area contributed by atoms with Crippen LogP contribution >= 0.6 is 7.82 Å². The molecule has 0 aromatic rings. The Balaban J connectivity index is 4.19. The highest BCUT2D eigenvalue weighted by molar-refractivity contribution is 7.47. The Kier molecular flexibility index (Phi) is 37.7. The fourth-order valence-corrected chi connectivity index (χ4v) is 6.09. The third kappa shape index (κ3) is 39.2. The lowest BCUT2D eigenvalue weighted by Gasteiger charge is -2.19. The maximum Gasteiger partial charge on any atom is 0.472 e. The number of nitrogens with two attached hydrogens (primary N) is 1. The fraction of sp³-hybridized carbons (Fsp3) is 0.721. The second-order valence-electron chi connectivity index (χ2n) is 13.5. The van der Waals surface area contributed by atoms with Crippen LogP contribution in [0.25, 0.3) is 0 Å². The smallest absolute Gasteiger partial charge is 0.462 e. The predicted molar refractivity (Wildman–Crippen MR) is 219 cm³/mol. The van der Waals surface area contributed by atoms with E-state index in [4.69, 9.17) is 24.3 Å². The molecular formula is C43H76NO8P. The van der Waals surface area contributed by atoms with Gasteiger partial charge in [-0.2, -0.15) is 0 Å². The number of ether oxygens (including phenoxy) is 2. The van der Waals surface area contributed by atoms with E-state index in [9.17, 15) is 19.0 Å². The van der Waals surface area contributed by atoms with Gasteiger partial charge in [-0.25, -0.2) is 4.57 Å². The van der Waals surface area contributed by atoms with Crippen LogP contribution in [-0.4, -0.2) is 49.3 Å². The van der Waals surface area contributed by atoms with E-state index < -0.39 is 32.5 Å². The Bertz CT molecular complexity index is 1050. The van der Waals surface area contributed by atoms with Crippen molar-refractivity contribution in [3.8, 4) is 0 Å². The summed E-state index contributed by atoms with van der Waals surface area (Å²) in [4.78, 5) is 34.8. The molecule has 0 aliphatic rings. The Morgan fingerprint density at radius 1 is 0.585 bits per heavy atom. The van der Waals surface area contributed by atoms with Gasteiger partial charge in [-0.05, 0) is 77.0 Å². The van der Waals surface area contributed by atoms with Crippen molar-refractivity contribution in [3.05, 3.63) is 60.8 Å². The maximum absolute atomic E-state index is 12.5. The van der Waals surface area contributed by atoms with Gasteiger partial charge in [0, 0.05) is 19.4 Å². The average Bonchev–Trinajstić information content (AvgIpc) is 3.14. The molecule has 306 valence electrons. The predicted octanol–water partition coefficient (Wildman–Crippen LogP) is 11.7. The highest BCUT2D eigenvalue weighted by Crippen LogP contribution is 2.43. The van der Waals surface area contributed by atoms with Gasteiger partial charge in [0.15, 0.2) is 6.10 Å². The summed E-state index contributed by atoms with van der Waals surface area (Å²) in [6.45, 7) is 3.54. The summed E-state index contributed by atoms with van der Waals surface area (Å²) in [5.41, 5.74) is 5.34. The Labute approximate surface area is 323 Å². The molecule has 2 atom stereocenters. The number of esters is 2. The van der Waals surface area contributed by atoms with Gasteiger partial charge in [0.1, 0.15) is 6.61 Å². The fourth-order valence-electron chi connectivity index (χ4n) is 5.32. The summed E-state index contributed by atoms with van der Waals surface area (Å²) in [5.74, 6) is -0.872. The van der Waals surface area contributed by atoms with E-state index in [0.717, 1.165) is 77.0 Å². The number of unbranched alkanes of at least 4 members (excludes halogenated alkanes) is 15. The van der Waals surface area contributed by atoms with Crippen molar-refractivity contribution in [3.63, 3.8) is 0 Å². The first-order chi connectivity index (χ1) is 25.8. The van der Waals surface area contributed by atoms with Crippen LogP contribution in [0.4, 0.5) is 0 Å². The number of rotatable bonds is 38. The molecule has 0 heterocycles. The lowest BCUT2D eigenvalue weighted by Crippen LogP contribution is -2.29. The van der Waals surface area contributed by atoms with E-state index >= 15 is 0 Å². The average molecular weight is 766 g/mol. The van der Waals surface area contributed by atoms with E-state index in [-0.39, 0.29) is 32.6 Å². The second kappa shape index (κ2) is 39.4. The molecule has 0 aliphatic carbocycles. The summed E-state index contributed by atoms with van der Waals surface area (Å²) in [7, 11) is -4.38. The van der Waals surface area contributed by atoms with Crippen LogP contribution in [0.15, 0.2) is 60.8 Å². The first-order valence-corrected chi connectivity index (χ1v) is 22.3. The number of hydrogen-bond donors (Lipinski definition) is 2. The largest absolute Gasteiger partial charge is 0.472 e. The molecular weight excluding hydrogens is 689 g/mol. The van der Waals surface area contributed by atoms with Crippen molar-refractivity contribution in [2.24, 2.45) is 5.73 Å². The molecule has 0 rings (SSSR count). The van der Waals surface area contributed by atoms with Crippen LogP contribution in [0.3, 0.4) is 0 Å². The summed E-state index contributed by atoms with van der Waals surface area (Å²) >= 11 is 0. The molecule has 53 heavy (non-hydrogen) atoms. The highest BCUT2D eigenvalue weighted by Gasteiger charge is 2.25. The van der Waals surface area contributed by atoms with Crippen LogP contribution in [-0.2, 0) is 32.7 Å².